The largest absolute Gasteiger partial charge is 0.452 e. The van der Waals surface area contributed by atoms with Crippen molar-refractivity contribution in [2.24, 2.45) is 5.73 Å². The molecule has 0 saturated carbocycles. The Morgan fingerprint density at radius 3 is 2.38 bits per heavy atom. The Morgan fingerprint density at radius 1 is 1.15 bits per heavy atom. The van der Waals surface area contributed by atoms with E-state index in [1.165, 1.54) is 6.07 Å². The van der Waals surface area contributed by atoms with Crippen molar-refractivity contribution < 1.29 is 19.1 Å². The monoisotopic (exact) mass is 357 g/mol. The van der Waals surface area contributed by atoms with E-state index >= 15 is 0 Å². The van der Waals surface area contributed by atoms with E-state index in [0.717, 1.165) is 11.4 Å². The lowest BCUT2D eigenvalue weighted by molar-refractivity contribution is -0.119. The quantitative estimate of drug-likeness (QED) is 0.775. The Hall–Kier alpha value is -3.09. The van der Waals surface area contributed by atoms with E-state index in [4.69, 9.17) is 10.5 Å². The molecule has 138 valence electrons. The molecule has 7 nitrogen and oxygen atoms in total. The molecule has 1 heterocycles. The molecule has 0 aliphatic rings. The number of benzene rings is 1. The molecular formula is C19H23N3O4. The molecule has 0 aliphatic carbocycles. The molecule has 3 N–H and O–H groups in total. The van der Waals surface area contributed by atoms with Gasteiger partial charge in [-0.2, -0.15) is 0 Å². The van der Waals surface area contributed by atoms with Crippen molar-refractivity contribution in [1.29, 1.82) is 0 Å². The van der Waals surface area contributed by atoms with Crippen LogP contribution in [0.15, 0.2) is 30.3 Å². The highest BCUT2D eigenvalue weighted by Crippen LogP contribution is 2.21. The zero-order valence-corrected chi connectivity index (χ0v) is 15.3. The van der Waals surface area contributed by atoms with Crippen LogP contribution in [-0.4, -0.2) is 29.0 Å². The van der Waals surface area contributed by atoms with Gasteiger partial charge in [-0.15, -0.1) is 0 Å². The second-order valence-corrected chi connectivity index (χ2v) is 6.28. The molecule has 2 aromatic rings. The smallest absolute Gasteiger partial charge is 0.340 e. The van der Waals surface area contributed by atoms with Gasteiger partial charge in [0.25, 0.3) is 11.8 Å². The van der Waals surface area contributed by atoms with Gasteiger partial charge in [0.05, 0.1) is 16.8 Å². The number of aromatic nitrogens is 1. The third-order valence-electron chi connectivity index (χ3n) is 4.02. The maximum atomic E-state index is 12.3. The highest BCUT2D eigenvalue weighted by Gasteiger charge is 2.19. The highest BCUT2D eigenvalue weighted by molar-refractivity contribution is 6.03. The van der Waals surface area contributed by atoms with Crippen molar-refractivity contribution in [3.05, 3.63) is 52.8 Å². The second kappa shape index (κ2) is 7.86. The van der Waals surface area contributed by atoms with Crippen LogP contribution in [0.3, 0.4) is 0 Å². The van der Waals surface area contributed by atoms with Gasteiger partial charge in [-0.1, -0.05) is 12.1 Å². The second-order valence-electron chi connectivity index (χ2n) is 6.28. The molecular weight excluding hydrogens is 334 g/mol. The predicted molar refractivity (Wildman–Crippen MR) is 98.2 cm³/mol. The Bertz CT molecular complexity index is 852. The predicted octanol–water partition coefficient (Wildman–Crippen LogP) is 2.58. The number of anilines is 1. The van der Waals surface area contributed by atoms with Crippen LogP contribution >= 0.6 is 0 Å². The number of carbonyl (C=O) groups is 3. The number of nitrogens with one attached hydrogen (secondary N) is 1. The first-order valence-corrected chi connectivity index (χ1v) is 8.26. The summed E-state index contributed by atoms with van der Waals surface area (Å²) < 4.78 is 7.14. The Morgan fingerprint density at radius 2 is 1.81 bits per heavy atom. The third-order valence-corrected chi connectivity index (χ3v) is 4.02. The number of hydrogen-bond acceptors (Lipinski definition) is 4. The van der Waals surface area contributed by atoms with Crippen molar-refractivity contribution >= 4 is 23.5 Å². The van der Waals surface area contributed by atoms with Gasteiger partial charge in [0.15, 0.2) is 6.61 Å². The molecule has 7 heteroatoms. The van der Waals surface area contributed by atoms with Gasteiger partial charge in [0.2, 0.25) is 0 Å². The van der Waals surface area contributed by atoms with E-state index in [2.05, 4.69) is 5.32 Å². The van der Waals surface area contributed by atoms with Gasteiger partial charge in [0, 0.05) is 17.4 Å². The Balaban J connectivity index is 2.03. The van der Waals surface area contributed by atoms with E-state index in [1.54, 1.807) is 24.3 Å². The number of aryl methyl sites for hydroxylation is 1. The number of nitrogens with zero attached hydrogens (tertiary/aromatic N) is 1. The first kappa shape index (κ1) is 19.2. The number of rotatable bonds is 6. The van der Waals surface area contributed by atoms with E-state index in [9.17, 15) is 14.4 Å². The molecule has 0 aliphatic heterocycles. The summed E-state index contributed by atoms with van der Waals surface area (Å²) in [6.07, 6.45) is 0. The van der Waals surface area contributed by atoms with Crippen molar-refractivity contribution in [3.8, 4) is 0 Å². The highest BCUT2D eigenvalue weighted by atomic mass is 16.5. The normalized spacial score (nSPS) is 10.7. The van der Waals surface area contributed by atoms with Crippen LogP contribution in [-0.2, 0) is 9.53 Å². The maximum Gasteiger partial charge on any atom is 0.340 e. The van der Waals surface area contributed by atoms with Crippen LogP contribution in [0.5, 0.6) is 0 Å². The number of ether oxygens (including phenoxy) is 1. The van der Waals surface area contributed by atoms with Crippen LogP contribution < -0.4 is 11.1 Å². The molecule has 0 radical (unpaired) electrons. The SMILES string of the molecule is Cc1cc(C(=O)OCC(=O)Nc2ccccc2C(N)=O)c(C)n1C(C)C. The topological polar surface area (TPSA) is 103 Å². The van der Waals surface area contributed by atoms with E-state index in [1.807, 2.05) is 32.3 Å². The molecule has 0 bridgehead atoms. The summed E-state index contributed by atoms with van der Waals surface area (Å²) >= 11 is 0. The Labute approximate surface area is 152 Å². The molecule has 26 heavy (non-hydrogen) atoms. The van der Waals surface area contributed by atoms with E-state index in [-0.39, 0.29) is 17.3 Å². The summed E-state index contributed by atoms with van der Waals surface area (Å²) in [4.78, 5) is 35.7. The lowest BCUT2D eigenvalue weighted by Gasteiger charge is -2.13. The number of primary amides is 1. The van der Waals surface area contributed by atoms with Gasteiger partial charge in [-0.25, -0.2) is 4.79 Å². The molecule has 1 aromatic heterocycles. The number of carbonyl (C=O) groups excluding carboxylic acids is 3. The van der Waals surface area contributed by atoms with Gasteiger partial charge >= 0.3 is 5.97 Å². The summed E-state index contributed by atoms with van der Waals surface area (Å²) in [7, 11) is 0. The maximum absolute atomic E-state index is 12.3. The fraction of sp³-hybridized carbons (Fsp3) is 0.316. The average molecular weight is 357 g/mol. The fourth-order valence-electron chi connectivity index (χ4n) is 2.98. The lowest BCUT2D eigenvalue weighted by atomic mass is 10.1. The fourth-order valence-corrected chi connectivity index (χ4v) is 2.98. The molecule has 0 saturated heterocycles. The number of nitrogens with two attached hydrogens (primary N) is 1. The van der Waals surface area contributed by atoms with Crippen molar-refractivity contribution in [3.63, 3.8) is 0 Å². The first-order valence-electron chi connectivity index (χ1n) is 8.26. The standard InChI is InChI=1S/C19H23N3O4/c1-11(2)22-12(3)9-15(13(22)4)19(25)26-10-17(23)21-16-8-6-5-7-14(16)18(20)24/h5-9,11H,10H2,1-4H3,(H2,20,24)(H,21,23). The minimum absolute atomic E-state index is 0.188. The number of esters is 1. The number of hydrogen-bond donors (Lipinski definition) is 2. The zero-order valence-electron chi connectivity index (χ0n) is 15.3. The lowest BCUT2D eigenvalue weighted by Crippen LogP contribution is -2.23. The summed E-state index contributed by atoms with van der Waals surface area (Å²) in [6, 6.07) is 8.32. The van der Waals surface area contributed by atoms with E-state index in [0.29, 0.717) is 5.56 Å². The van der Waals surface area contributed by atoms with Crippen molar-refractivity contribution in [1.82, 2.24) is 4.57 Å². The molecule has 0 spiro atoms. The molecule has 2 amide bonds. The minimum Gasteiger partial charge on any atom is -0.452 e. The summed E-state index contributed by atoms with van der Waals surface area (Å²) in [5, 5.41) is 2.53. The van der Waals surface area contributed by atoms with Gasteiger partial charge in [-0.3, -0.25) is 9.59 Å². The number of amides is 2. The van der Waals surface area contributed by atoms with E-state index < -0.39 is 24.4 Å². The zero-order chi connectivity index (χ0) is 19.4. The van der Waals surface area contributed by atoms with Gasteiger partial charge in [0.1, 0.15) is 0 Å². The molecule has 1 aromatic carbocycles. The average Bonchev–Trinajstić information content (AvgIpc) is 2.87. The molecule has 0 fully saturated rings. The Kier molecular flexibility index (Phi) is 5.82. The molecule has 0 unspecified atom stereocenters. The van der Waals surface area contributed by atoms with Crippen LogP contribution in [0.2, 0.25) is 0 Å². The van der Waals surface area contributed by atoms with Crippen LogP contribution in [0.1, 0.15) is 52.0 Å². The number of para-hydroxylation sites is 1. The van der Waals surface area contributed by atoms with Crippen LogP contribution in [0, 0.1) is 13.8 Å². The third kappa shape index (κ3) is 4.11. The summed E-state index contributed by atoms with van der Waals surface area (Å²) in [5.74, 6) is -1.77. The summed E-state index contributed by atoms with van der Waals surface area (Å²) in [6.45, 7) is 7.35. The minimum atomic E-state index is -0.654. The van der Waals surface area contributed by atoms with Crippen LogP contribution in [0.4, 0.5) is 5.69 Å². The van der Waals surface area contributed by atoms with Crippen molar-refractivity contribution in [2.75, 3.05) is 11.9 Å². The van der Waals surface area contributed by atoms with Crippen molar-refractivity contribution in [2.45, 2.75) is 33.7 Å². The van der Waals surface area contributed by atoms with Crippen LogP contribution in [0.25, 0.3) is 0 Å². The molecule has 2 rings (SSSR count). The first-order chi connectivity index (χ1) is 12.2. The van der Waals surface area contributed by atoms with Gasteiger partial charge < -0.3 is 20.4 Å². The molecule has 0 atom stereocenters. The summed E-state index contributed by atoms with van der Waals surface area (Å²) in [5.41, 5.74) is 7.91. The van der Waals surface area contributed by atoms with Gasteiger partial charge in [-0.05, 0) is 45.9 Å².